The standard InChI is InChI=1S/C20H18ClN5OS/c1-12-17-8-15(10-22-20(17)26(2)25-12)23-18(27)9-16-11-28-19(24-16)7-13-4-3-5-14(21)6-13/h3-6,8,10-11H,7,9H2,1-2H3,(H,23,27). The van der Waals surface area contributed by atoms with Gasteiger partial charge in [-0.1, -0.05) is 23.7 Å². The summed E-state index contributed by atoms with van der Waals surface area (Å²) >= 11 is 7.58. The van der Waals surface area contributed by atoms with Gasteiger partial charge in [-0.15, -0.1) is 11.3 Å². The molecule has 0 saturated carbocycles. The first-order chi connectivity index (χ1) is 13.5. The molecule has 4 aromatic rings. The molecule has 0 spiro atoms. The van der Waals surface area contributed by atoms with Gasteiger partial charge >= 0.3 is 0 Å². The Balaban J connectivity index is 1.41. The highest BCUT2D eigenvalue weighted by molar-refractivity contribution is 7.09. The van der Waals surface area contributed by atoms with Crippen LogP contribution in [0.1, 0.15) is 22.0 Å². The topological polar surface area (TPSA) is 72.7 Å². The number of amides is 1. The third-order valence-corrected chi connectivity index (χ3v) is 5.46. The first kappa shape index (κ1) is 18.6. The molecule has 28 heavy (non-hydrogen) atoms. The molecular weight excluding hydrogens is 394 g/mol. The van der Waals surface area contributed by atoms with Crippen LogP contribution in [0.2, 0.25) is 5.02 Å². The minimum Gasteiger partial charge on any atom is -0.324 e. The SMILES string of the molecule is Cc1nn(C)c2ncc(NC(=O)Cc3csc(Cc4cccc(Cl)c4)n3)cc12. The van der Waals surface area contributed by atoms with Crippen LogP contribution in [-0.2, 0) is 24.7 Å². The molecule has 6 nitrogen and oxygen atoms in total. The third kappa shape index (κ3) is 4.05. The number of aromatic nitrogens is 4. The molecule has 8 heteroatoms. The third-order valence-electron chi connectivity index (χ3n) is 4.33. The van der Waals surface area contributed by atoms with Gasteiger partial charge < -0.3 is 5.32 Å². The zero-order valence-electron chi connectivity index (χ0n) is 15.4. The predicted molar refractivity (Wildman–Crippen MR) is 112 cm³/mol. The molecule has 0 fully saturated rings. The van der Waals surface area contributed by atoms with Crippen LogP contribution in [0.3, 0.4) is 0 Å². The van der Waals surface area contributed by atoms with Crippen molar-refractivity contribution in [3.63, 3.8) is 0 Å². The largest absolute Gasteiger partial charge is 0.324 e. The molecule has 142 valence electrons. The van der Waals surface area contributed by atoms with Crippen molar-refractivity contribution in [3.8, 4) is 0 Å². The van der Waals surface area contributed by atoms with Crippen LogP contribution in [0.4, 0.5) is 5.69 Å². The smallest absolute Gasteiger partial charge is 0.230 e. The number of nitrogens with one attached hydrogen (secondary N) is 1. The predicted octanol–water partition coefficient (Wildman–Crippen LogP) is 4.16. The van der Waals surface area contributed by atoms with Crippen molar-refractivity contribution in [2.75, 3.05) is 5.32 Å². The second-order valence-electron chi connectivity index (χ2n) is 6.57. The van der Waals surface area contributed by atoms with Crippen molar-refractivity contribution in [1.29, 1.82) is 0 Å². The number of halogens is 1. The molecule has 0 atom stereocenters. The molecule has 0 aliphatic heterocycles. The van der Waals surface area contributed by atoms with E-state index in [-0.39, 0.29) is 12.3 Å². The molecule has 1 amide bonds. The van der Waals surface area contributed by atoms with E-state index in [9.17, 15) is 4.79 Å². The van der Waals surface area contributed by atoms with Crippen LogP contribution in [0.15, 0.2) is 41.9 Å². The highest BCUT2D eigenvalue weighted by Gasteiger charge is 2.11. The molecule has 1 N–H and O–H groups in total. The Labute approximate surface area is 171 Å². The van der Waals surface area contributed by atoms with E-state index in [4.69, 9.17) is 11.6 Å². The highest BCUT2D eigenvalue weighted by atomic mass is 35.5. The highest BCUT2D eigenvalue weighted by Crippen LogP contribution is 2.20. The van der Waals surface area contributed by atoms with Crippen LogP contribution < -0.4 is 5.32 Å². The normalized spacial score (nSPS) is 11.1. The monoisotopic (exact) mass is 411 g/mol. The first-order valence-electron chi connectivity index (χ1n) is 8.75. The summed E-state index contributed by atoms with van der Waals surface area (Å²) in [5.41, 5.74) is 4.19. The van der Waals surface area contributed by atoms with Gasteiger partial charge in [0.15, 0.2) is 5.65 Å². The molecule has 0 unspecified atom stereocenters. The van der Waals surface area contributed by atoms with Crippen LogP contribution in [0, 0.1) is 6.92 Å². The fourth-order valence-corrected chi connectivity index (χ4v) is 4.12. The van der Waals surface area contributed by atoms with E-state index in [1.54, 1.807) is 22.2 Å². The van der Waals surface area contributed by atoms with E-state index in [1.165, 1.54) is 0 Å². The Bertz CT molecular complexity index is 1170. The van der Waals surface area contributed by atoms with Gasteiger partial charge in [0.05, 0.1) is 34.7 Å². The van der Waals surface area contributed by atoms with Crippen molar-refractivity contribution in [2.45, 2.75) is 19.8 Å². The van der Waals surface area contributed by atoms with Gasteiger partial charge in [0.25, 0.3) is 0 Å². The van der Waals surface area contributed by atoms with Crippen LogP contribution >= 0.6 is 22.9 Å². The number of hydrogen-bond acceptors (Lipinski definition) is 5. The molecule has 0 saturated heterocycles. The molecule has 3 heterocycles. The number of rotatable bonds is 5. The zero-order valence-corrected chi connectivity index (χ0v) is 17.0. The number of nitrogens with zero attached hydrogens (tertiary/aromatic N) is 4. The van der Waals surface area contributed by atoms with Gasteiger partial charge in [-0.3, -0.25) is 9.48 Å². The van der Waals surface area contributed by atoms with Gasteiger partial charge in [0.1, 0.15) is 0 Å². The number of thiazole rings is 1. The maximum absolute atomic E-state index is 12.4. The van der Waals surface area contributed by atoms with E-state index < -0.39 is 0 Å². The fraction of sp³-hybridized carbons (Fsp3) is 0.200. The van der Waals surface area contributed by atoms with Crippen molar-refractivity contribution in [1.82, 2.24) is 19.7 Å². The van der Waals surface area contributed by atoms with Crippen LogP contribution in [-0.4, -0.2) is 25.7 Å². The van der Waals surface area contributed by atoms with E-state index in [1.807, 2.05) is 49.7 Å². The Hall–Kier alpha value is -2.77. The second-order valence-corrected chi connectivity index (χ2v) is 7.95. The summed E-state index contributed by atoms with van der Waals surface area (Å²) in [7, 11) is 1.85. The number of aryl methyl sites for hydroxylation is 2. The summed E-state index contributed by atoms with van der Waals surface area (Å²) in [6, 6.07) is 9.62. The van der Waals surface area contributed by atoms with E-state index >= 15 is 0 Å². The van der Waals surface area contributed by atoms with E-state index in [0.717, 1.165) is 33.0 Å². The number of carbonyl (C=O) groups is 1. The lowest BCUT2D eigenvalue weighted by Gasteiger charge is -2.04. The lowest BCUT2D eigenvalue weighted by molar-refractivity contribution is -0.115. The van der Waals surface area contributed by atoms with Gasteiger partial charge in [0, 0.05) is 29.3 Å². The molecule has 0 radical (unpaired) electrons. The second kappa shape index (κ2) is 7.69. The number of hydrogen-bond donors (Lipinski definition) is 1. The summed E-state index contributed by atoms with van der Waals surface area (Å²) < 4.78 is 1.73. The molecule has 0 bridgehead atoms. The minimum atomic E-state index is -0.123. The van der Waals surface area contributed by atoms with E-state index in [2.05, 4.69) is 20.4 Å². The van der Waals surface area contributed by atoms with Crippen molar-refractivity contribution < 1.29 is 4.79 Å². The summed E-state index contributed by atoms with van der Waals surface area (Å²) in [4.78, 5) is 21.4. The van der Waals surface area contributed by atoms with Crippen molar-refractivity contribution >= 4 is 45.6 Å². The number of carbonyl (C=O) groups excluding carboxylic acids is 1. The maximum atomic E-state index is 12.4. The van der Waals surface area contributed by atoms with Crippen LogP contribution in [0.25, 0.3) is 11.0 Å². The molecule has 0 aliphatic carbocycles. The number of fused-ring (bicyclic) bond motifs is 1. The molecule has 1 aromatic carbocycles. The molecular formula is C20H18ClN5OS. The van der Waals surface area contributed by atoms with E-state index in [0.29, 0.717) is 17.1 Å². The van der Waals surface area contributed by atoms with Crippen molar-refractivity contribution in [2.24, 2.45) is 7.05 Å². The Morgan fingerprint density at radius 1 is 1.32 bits per heavy atom. The summed E-state index contributed by atoms with van der Waals surface area (Å²) in [6.45, 7) is 1.92. The fourth-order valence-electron chi connectivity index (χ4n) is 3.08. The van der Waals surface area contributed by atoms with Gasteiger partial charge in [-0.2, -0.15) is 5.10 Å². The summed E-state index contributed by atoms with van der Waals surface area (Å²) in [5, 5.41) is 11.8. The average Bonchev–Trinajstić information content (AvgIpc) is 3.19. The quantitative estimate of drug-likeness (QED) is 0.535. The Kier molecular flexibility index (Phi) is 5.11. The first-order valence-corrected chi connectivity index (χ1v) is 10.0. The lowest BCUT2D eigenvalue weighted by Crippen LogP contribution is -2.14. The number of pyridine rings is 1. The van der Waals surface area contributed by atoms with Gasteiger partial charge in [0.2, 0.25) is 5.91 Å². The average molecular weight is 412 g/mol. The number of benzene rings is 1. The number of anilines is 1. The maximum Gasteiger partial charge on any atom is 0.230 e. The molecule has 3 aromatic heterocycles. The zero-order chi connectivity index (χ0) is 19.7. The minimum absolute atomic E-state index is 0.123. The summed E-state index contributed by atoms with van der Waals surface area (Å²) in [5.74, 6) is -0.123. The van der Waals surface area contributed by atoms with Crippen molar-refractivity contribution in [3.05, 3.63) is 68.9 Å². The van der Waals surface area contributed by atoms with Crippen LogP contribution in [0.5, 0.6) is 0 Å². The van der Waals surface area contributed by atoms with Gasteiger partial charge in [-0.05, 0) is 30.7 Å². The Morgan fingerprint density at radius 2 is 2.18 bits per heavy atom. The summed E-state index contributed by atoms with van der Waals surface area (Å²) in [6.07, 6.45) is 2.57. The Morgan fingerprint density at radius 3 is 3.00 bits per heavy atom. The molecule has 0 aliphatic rings. The van der Waals surface area contributed by atoms with Gasteiger partial charge in [-0.25, -0.2) is 9.97 Å². The molecule has 4 rings (SSSR count). The lowest BCUT2D eigenvalue weighted by atomic mass is 10.2.